The maximum Gasteiger partial charge on any atom is 0.260 e. The molecule has 0 unspecified atom stereocenters. The van der Waals surface area contributed by atoms with Crippen LogP contribution in [-0.2, 0) is 6.54 Å². The molecule has 0 aliphatic heterocycles. The Morgan fingerprint density at radius 1 is 1.44 bits per heavy atom. The predicted octanol–water partition coefficient (Wildman–Crippen LogP) is 2.74. The van der Waals surface area contributed by atoms with E-state index in [0.29, 0.717) is 16.4 Å². The van der Waals surface area contributed by atoms with Crippen molar-refractivity contribution in [1.29, 1.82) is 0 Å². The van der Waals surface area contributed by atoms with E-state index < -0.39 is 0 Å². The summed E-state index contributed by atoms with van der Waals surface area (Å²) in [5.41, 5.74) is 6.91. The predicted molar refractivity (Wildman–Crippen MR) is 75.7 cm³/mol. The van der Waals surface area contributed by atoms with Crippen LogP contribution in [0.1, 0.15) is 26.2 Å². The Bertz CT molecular complexity index is 574. The molecule has 4 nitrogen and oxygen atoms in total. The van der Waals surface area contributed by atoms with Gasteiger partial charge in [0.25, 0.3) is 5.56 Å². The van der Waals surface area contributed by atoms with Crippen molar-refractivity contribution in [3.8, 4) is 11.3 Å². The molecule has 0 fully saturated rings. The van der Waals surface area contributed by atoms with E-state index in [2.05, 4.69) is 11.9 Å². The van der Waals surface area contributed by atoms with Gasteiger partial charge in [-0.3, -0.25) is 4.79 Å². The summed E-state index contributed by atoms with van der Waals surface area (Å²) in [5, 5.41) is 2.31. The number of unbranched alkanes of at least 4 members (excludes halogenated alkanes) is 2. The highest BCUT2D eigenvalue weighted by Crippen LogP contribution is 2.19. The van der Waals surface area contributed by atoms with Gasteiger partial charge in [-0.15, -0.1) is 11.3 Å². The van der Waals surface area contributed by atoms with Gasteiger partial charge in [0.1, 0.15) is 0 Å². The van der Waals surface area contributed by atoms with Gasteiger partial charge < -0.3 is 10.3 Å². The SMILES string of the molecule is CCCCCn1cccc(-c2csc(N)n2)c1=O. The van der Waals surface area contributed by atoms with Gasteiger partial charge in [-0.05, 0) is 18.6 Å². The third kappa shape index (κ3) is 2.79. The highest BCUT2D eigenvalue weighted by atomic mass is 32.1. The number of hydrogen-bond donors (Lipinski definition) is 1. The summed E-state index contributed by atoms with van der Waals surface area (Å²) in [7, 11) is 0. The molecule has 0 spiro atoms. The Morgan fingerprint density at radius 2 is 2.28 bits per heavy atom. The molecular weight excluding hydrogens is 246 g/mol. The van der Waals surface area contributed by atoms with Crippen LogP contribution >= 0.6 is 11.3 Å². The Balaban J connectivity index is 2.27. The Kier molecular flexibility index (Phi) is 4.15. The lowest BCUT2D eigenvalue weighted by molar-refractivity contribution is 0.588. The number of nitrogen functional groups attached to an aromatic ring is 1. The van der Waals surface area contributed by atoms with Crippen molar-refractivity contribution < 1.29 is 0 Å². The van der Waals surface area contributed by atoms with Crippen LogP contribution in [-0.4, -0.2) is 9.55 Å². The third-order valence-corrected chi connectivity index (χ3v) is 3.49. The summed E-state index contributed by atoms with van der Waals surface area (Å²) < 4.78 is 1.75. The number of nitrogens with zero attached hydrogens (tertiary/aromatic N) is 2. The van der Waals surface area contributed by atoms with Crippen molar-refractivity contribution in [2.24, 2.45) is 0 Å². The normalized spacial score (nSPS) is 10.7. The number of pyridine rings is 1. The molecule has 0 amide bonds. The average molecular weight is 263 g/mol. The summed E-state index contributed by atoms with van der Waals surface area (Å²) in [5.74, 6) is 0. The van der Waals surface area contributed by atoms with Gasteiger partial charge in [-0.25, -0.2) is 4.98 Å². The molecule has 0 atom stereocenters. The Hall–Kier alpha value is -1.62. The first-order valence-electron chi connectivity index (χ1n) is 6.13. The van der Waals surface area contributed by atoms with Crippen molar-refractivity contribution in [1.82, 2.24) is 9.55 Å². The molecule has 0 aliphatic rings. The molecule has 0 aromatic carbocycles. The summed E-state index contributed by atoms with van der Waals surface area (Å²) in [6, 6.07) is 3.69. The molecule has 2 aromatic heterocycles. The molecule has 2 N–H and O–H groups in total. The zero-order valence-electron chi connectivity index (χ0n) is 10.4. The second-order valence-electron chi connectivity index (χ2n) is 4.20. The van der Waals surface area contributed by atoms with Gasteiger partial charge in [0.15, 0.2) is 5.13 Å². The molecule has 0 saturated heterocycles. The van der Waals surface area contributed by atoms with Gasteiger partial charge in [-0.2, -0.15) is 0 Å². The number of rotatable bonds is 5. The van der Waals surface area contributed by atoms with Crippen molar-refractivity contribution in [2.45, 2.75) is 32.7 Å². The fourth-order valence-corrected chi connectivity index (χ4v) is 2.41. The fraction of sp³-hybridized carbons (Fsp3) is 0.385. The molecule has 2 aromatic rings. The Morgan fingerprint density at radius 3 is 2.94 bits per heavy atom. The first-order valence-corrected chi connectivity index (χ1v) is 7.01. The van der Waals surface area contributed by atoms with Crippen LogP contribution in [0.4, 0.5) is 5.13 Å². The summed E-state index contributed by atoms with van der Waals surface area (Å²) in [4.78, 5) is 16.4. The number of anilines is 1. The molecule has 0 saturated carbocycles. The molecule has 96 valence electrons. The van der Waals surface area contributed by atoms with Crippen LogP contribution < -0.4 is 11.3 Å². The zero-order chi connectivity index (χ0) is 13.0. The third-order valence-electron chi connectivity index (χ3n) is 2.82. The molecule has 5 heteroatoms. The van der Waals surface area contributed by atoms with Gasteiger partial charge in [-0.1, -0.05) is 19.8 Å². The van der Waals surface area contributed by atoms with Gasteiger partial charge in [0, 0.05) is 18.1 Å². The topological polar surface area (TPSA) is 60.9 Å². The summed E-state index contributed by atoms with van der Waals surface area (Å²) in [6.07, 6.45) is 5.15. The van der Waals surface area contributed by atoms with Crippen molar-refractivity contribution in [3.63, 3.8) is 0 Å². The van der Waals surface area contributed by atoms with Gasteiger partial charge >= 0.3 is 0 Å². The van der Waals surface area contributed by atoms with E-state index >= 15 is 0 Å². The number of hydrogen-bond acceptors (Lipinski definition) is 4. The van der Waals surface area contributed by atoms with Crippen LogP contribution in [0.5, 0.6) is 0 Å². The van der Waals surface area contributed by atoms with E-state index in [-0.39, 0.29) is 5.56 Å². The van der Waals surface area contributed by atoms with Crippen molar-refractivity contribution >= 4 is 16.5 Å². The minimum absolute atomic E-state index is 0.0129. The molecular formula is C13H17N3OS. The average Bonchev–Trinajstić information content (AvgIpc) is 2.78. The van der Waals surface area contributed by atoms with Crippen LogP contribution in [0.15, 0.2) is 28.5 Å². The van der Waals surface area contributed by atoms with E-state index in [1.165, 1.54) is 11.3 Å². The van der Waals surface area contributed by atoms with Crippen LogP contribution in [0.2, 0.25) is 0 Å². The molecule has 2 rings (SSSR count). The smallest absolute Gasteiger partial charge is 0.260 e. The van der Waals surface area contributed by atoms with Crippen molar-refractivity contribution in [3.05, 3.63) is 34.1 Å². The first kappa shape index (κ1) is 12.8. The van der Waals surface area contributed by atoms with Crippen LogP contribution in [0.25, 0.3) is 11.3 Å². The first-order chi connectivity index (χ1) is 8.72. The van der Waals surface area contributed by atoms with Gasteiger partial charge in [0.2, 0.25) is 0 Å². The number of aromatic nitrogens is 2. The minimum Gasteiger partial charge on any atom is -0.375 e. The highest BCUT2D eigenvalue weighted by Gasteiger charge is 2.08. The largest absolute Gasteiger partial charge is 0.375 e. The maximum atomic E-state index is 12.3. The van der Waals surface area contributed by atoms with E-state index in [9.17, 15) is 4.79 Å². The lowest BCUT2D eigenvalue weighted by Crippen LogP contribution is -2.21. The monoisotopic (exact) mass is 263 g/mol. The van der Waals surface area contributed by atoms with Crippen LogP contribution in [0.3, 0.4) is 0 Å². The van der Waals surface area contributed by atoms with E-state index in [1.54, 1.807) is 10.6 Å². The summed E-state index contributed by atoms with van der Waals surface area (Å²) in [6.45, 7) is 2.91. The highest BCUT2D eigenvalue weighted by molar-refractivity contribution is 7.13. The van der Waals surface area contributed by atoms with E-state index in [0.717, 1.165) is 25.8 Å². The minimum atomic E-state index is 0.0129. The molecule has 18 heavy (non-hydrogen) atoms. The summed E-state index contributed by atoms with van der Waals surface area (Å²) >= 11 is 1.35. The van der Waals surface area contributed by atoms with E-state index in [1.807, 2.05) is 17.6 Å². The van der Waals surface area contributed by atoms with Crippen LogP contribution in [0, 0.1) is 0 Å². The lowest BCUT2D eigenvalue weighted by atomic mass is 10.2. The zero-order valence-corrected chi connectivity index (χ0v) is 11.2. The second kappa shape index (κ2) is 5.82. The maximum absolute atomic E-state index is 12.3. The Labute approximate surface area is 110 Å². The fourth-order valence-electron chi connectivity index (χ4n) is 1.85. The van der Waals surface area contributed by atoms with Crippen molar-refractivity contribution in [2.75, 3.05) is 5.73 Å². The number of thiazole rings is 1. The molecule has 0 aliphatic carbocycles. The number of nitrogens with two attached hydrogens (primary N) is 1. The quantitative estimate of drug-likeness (QED) is 0.844. The standard InChI is InChI=1S/C13H17N3OS/c1-2-3-4-7-16-8-5-6-10(12(16)17)11-9-18-13(14)15-11/h5-6,8-9H,2-4,7H2,1H3,(H2,14,15). The second-order valence-corrected chi connectivity index (χ2v) is 5.09. The lowest BCUT2D eigenvalue weighted by Gasteiger charge is -2.06. The molecule has 0 bridgehead atoms. The number of aryl methyl sites for hydroxylation is 1. The van der Waals surface area contributed by atoms with E-state index in [4.69, 9.17) is 5.73 Å². The molecule has 2 heterocycles. The van der Waals surface area contributed by atoms with Gasteiger partial charge in [0.05, 0.1) is 11.3 Å². The molecule has 0 radical (unpaired) electrons.